The maximum atomic E-state index is 12.3. The lowest BCUT2D eigenvalue weighted by Gasteiger charge is -2.59. The van der Waals surface area contributed by atoms with Gasteiger partial charge in [0.1, 0.15) is 4.88 Å². The molecule has 0 N–H and O–H groups in total. The fraction of sp³-hybridized carbons (Fsp3) is 0.667. The van der Waals surface area contributed by atoms with E-state index in [0.29, 0.717) is 5.41 Å². The molecular formula is C12H17N3OS. The Hall–Kier alpha value is -0.940. The minimum Gasteiger partial charge on any atom is -0.336 e. The van der Waals surface area contributed by atoms with Crippen LogP contribution in [0.1, 0.15) is 20.4 Å². The number of aryl methyl sites for hydroxylation is 2. The third-order valence-corrected chi connectivity index (χ3v) is 4.71. The van der Waals surface area contributed by atoms with Gasteiger partial charge >= 0.3 is 0 Å². The summed E-state index contributed by atoms with van der Waals surface area (Å²) in [6.07, 6.45) is 0. The lowest BCUT2D eigenvalue weighted by atomic mass is 9.73. The van der Waals surface area contributed by atoms with Crippen molar-refractivity contribution in [1.29, 1.82) is 0 Å². The zero-order valence-corrected chi connectivity index (χ0v) is 11.3. The molecule has 0 bridgehead atoms. The lowest BCUT2D eigenvalue weighted by molar-refractivity contribution is -0.0870. The Balaban J connectivity index is 1.67. The van der Waals surface area contributed by atoms with Crippen LogP contribution >= 0.6 is 11.3 Å². The van der Waals surface area contributed by atoms with Crippen LogP contribution in [-0.4, -0.2) is 53.9 Å². The summed E-state index contributed by atoms with van der Waals surface area (Å²) in [5.41, 5.74) is 1.29. The summed E-state index contributed by atoms with van der Waals surface area (Å²) in [7, 11) is 2.13. The van der Waals surface area contributed by atoms with E-state index in [1.54, 1.807) is 0 Å². The smallest absolute Gasteiger partial charge is 0.265 e. The number of nitrogens with zero attached hydrogens (tertiary/aromatic N) is 3. The van der Waals surface area contributed by atoms with Gasteiger partial charge in [0.05, 0.1) is 10.7 Å². The van der Waals surface area contributed by atoms with Gasteiger partial charge in [-0.15, -0.1) is 11.3 Å². The lowest BCUT2D eigenvalue weighted by Crippen LogP contribution is -2.71. The zero-order chi connectivity index (χ0) is 12.2. The molecule has 3 rings (SSSR count). The van der Waals surface area contributed by atoms with Crippen LogP contribution < -0.4 is 0 Å². The number of hydrogen-bond acceptors (Lipinski definition) is 4. The molecule has 0 aliphatic carbocycles. The first-order valence-electron chi connectivity index (χ1n) is 5.91. The number of carbonyl (C=O) groups is 1. The molecule has 1 amide bonds. The number of rotatable bonds is 1. The van der Waals surface area contributed by atoms with E-state index in [2.05, 4.69) is 16.9 Å². The van der Waals surface area contributed by atoms with Gasteiger partial charge in [0.15, 0.2) is 0 Å². The van der Waals surface area contributed by atoms with Gasteiger partial charge in [-0.3, -0.25) is 4.79 Å². The Labute approximate surface area is 105 Å². The Morgan fingerprint density at radius 3 is 2.41 bits per heavy atom. The van der Waals surface area contributed by atoms with E-state index in [-0.39, 0.29) is 5.91 Å². The molecule has 4 nitrogen and oxygen atoms in total. The highest BCUT2D eigenvalue weighted by Crippen LogP contribution is 2.39. The van der Waals surface area contributed by atoms with Crippen LogP contribution in [0.2, 0.25) is 0 Å². The summed E-state index contributed by atoms with van der Waals surface area (Å²) in [5, 5.41) is 0.976. The number of carbonyl (C=O) groups excluding carboxylic acids is 1. The highest BCUT2D eigenvalue weighted by molar-refractivity contribution is 7.13. The highest BCUT2D eigenvalue weighted by Gasteiger charge is 2.52. The van der Waals surface area contributed by atoms with Crippen LogP contribution in [-0.2, 0) is 0 Å². The van der Waals surface area contributed by atoms with Gasteiger partial charge in [0, 0.05) is 31.6 Å². The molecule has 0 radical (unpaired) electrons. The van der Waals surface area contributed by atoms with Crippen molar-refractivity contribution in [3.05, 3.63) is 15.6 Å². The first-order valence-corrected chi connectivity index (χ1v) is 6.73. The van der Waals surface area contributed by atoms with E-state index in [1.165, 1.54) is 11.3 Å². The van der Waals surface area contributed by atoms with Crippen molar-refractivity contribution in [2.45, 2.75) is 13.8 Å². The van der Waals surface area contributed by atoms with E-state index in [4.69, 9.17) is 0 Å². The summed E-state index contributed by atoms with van der Waals surface area (Å²) in [5.74, 6) is 0.174. The van der Waals surface area contributed by atoms with Crippen molar-refractivity contribution in [1.82, 2.24) is 14.8 Å². The number of amides is 1. The Morgan fingerprint density at radius 1 is 1.29 bits per heavy atom. The molecule has 0 unspecified atom stereocenters. The predicted octanol–water partition coefficient (Wildman–Crippen LogP) is 1.15. The molecule has 17 heavy (non-hydrogen) atoms. The molecule has 5 heteroatoms. The van der Waals surface area contributed by atoms with Crippen LogP contribution in [0, 0.1) is 19.3 Å². The second-order valence-electron chi connectivity index (χ2n) is 5.48. The first-order chi connectivity index (χ1) is 7.99. The quantitative estimate of drug-likeness (QED) is 0.751. The van der Waals surface area contributed by atoms with E-state index >= 15 is 0 Å². The molecule has 92 valence electrons. The van der Waals surface area contributed by atoms with Gasteiger partial charge in [-0.1, -0.05) is 0 Å². The Morgan fingerprint density at radius 2 is 1.94 bits per heavy atom. The second kappa shape index (κ2) is 3.53. The largest absolute Gasteiger partial charge is 0.336 e. The molecule has 0 aromatic carbocycles. The average molecular weight is 251 g/mol. The zero-order valence-electron chi connectivity index (χ0n) is 10.5. The van der Waals surface area contributed by atoms with Gasteiger partial charge in [-0.05, 0) is 20.9 Å². The van der Waals surface area contributed by atoms with Crippen molar-refractivity contribution in [3.63, 3.8) is 0 Å². The van der Waals surface area contributed by atoms with Gasteiger partial charge in [-0.2, -0.15) is 0 Å². The minimum atomic E-state index is 0.174. The molecule has 2 saturated heterocycles. The summed E-state index contributed by atoms with van der Waals surface area (Å²) < 4.78 is 0. The van der Waals surface area contributed by atoms with Gasteiger partial charge in [0.2, 0.25) is 0 Å². The molecule has 1 spiro atoms. The number of thiazole rings is 1. The SMILES string of the molecule is Cc1nc(C)c(C(=O)N2CC3(CN(C)C3)C2)s1. The van der Waals surface area contributed by atoms with Gasteiger partial charge < -0.3 is 9.80 Å². The van der Waals surface area contributed by atoms with E-state index in [0.717, 1.165) is 41.8 Å². The summed E-state index contributed by atoms with van der Waals surface area (Å²) >= 11 is 1.51. The number of aromatic nitrogens is 1. The van der Waals surface area contributed by atoms with Crippen LogP contribution in [0.3, 0.4) is 0 Å². The number of hydrogen-bond donors (Lipinski definition) is 0. The van der Waals surface area contributed by atoms with E-state index < -0.39 is 0 Å². The van der Waals surface area contributed by atoms with Crippen molar-refractivity contribution >= 4 is 17.2 Å². The molecule has 0 saturated carbocycles. The second-order valence-corrected chi connectivity index (χ2v) is 6.68. The molecule has 2 fully saturated rings. The fourth-order valence-corrected chi connectivity index (χ4v) is 3.97. The fourth-order valence-electron chi connectivity index (χ4n) is 3.08. The Kier molecular flexibility index (Phi) is 2.32. The normalized spacial score (nSPS) is 22.4. The van der Waals surface area contributed by atoms with Crippen LogP contribution in [0.15, 0.2) is 0 Å². The van der Waals surface area contributed by atoms with Crippen LogP contribution in [0.25, 0.3) is 0 Å². The molecule has 2 aliphatic heterocycles. The average Bonchev–Trinajstić information content (AvgIpc) is 2.48. The van der Waals surface area contributed by atoms with Crippen molar-refractivity contribution < 1.29 is 4.79 Å². The van der Waals surface area contributed by atoms with Crippen molar-refractivity contribution in [2.24, 2.45) is 5.41 Å². The predicted molar refractivity (Wildman–Crippen MR) is 67.4 cm³/mol. The maximum Gasteiger partial charge on any atom is 0.265 e. The summed E-state index contributed by atoms with van der Waals surface area (Å²) in [4.78, 5) is 21.7. The van der Waals surface area contributed by atoms with Crippen LogP contribution in [0.4, 0.5) is 0 Å². The van der Waals surface area contributed by atoms with Gasteiger partial charge in [-0.25, -0.2) is 4.98 Å². The van der Waals surface area contributed by atoms with E-state index in [1.807, 2.05) is 18.7 Å². The van der Waals surface area contributed by atoms with Crippen LogP contribution in [0.5, 0.6) is 0 Å². The topological polar surface area (TPSA) is 36.4 Å². The maximum absolute atomic E-state index is 12.3. The molecule has 1 aromatic heterocycles. The summed E-state index contributed by atoms with van der Waals surface area (Å²) in [6, 6.07) is 0. The van der Waals surface area contributed by atoms with Crippen molar-refractivity contribution in [2.75, 3.05) is 33.2 Å². The minimum absolute atomic E-state index is 0.174. The highest BCUT2D eigenvalue weighted by atomic mass is 32.1. The first kappa shape index (κ1) is 11.2. The molecular weight excluding hydrogens is 234 g/mol. The third-order valence-electron chi connectivity index (χ3n) is 3.65. The number of likely N-dealkylation sites (tertiary alicyclic amines) is 2. The molecule has 3 heterocycles. The Bertz CT molecular complexity index is 468. The molecule has 1 aromatic rings. The standard InChI is InChI=1S/C12H17N3OS/c1-8-10(17-9(2)13-8)11(16)15-6-12(7-15)4-14(3)5-12/h4-7H2,1-3H3. The summed E-state index contributed by atoms with van der Waals surface area (Å²) in [6.45, 7) is 7.99. The van der Waals surface area contributed by atoms with Gasteiger partial charge in [0.25, 0.3) is 5.91 Å². The third kappa shape index (κ3) is 1.68. The van der Waals surface area contributed by atoms with Crippen molar-refractivity contribution in [3.8, 4) is 0 Å². The molecule has 0 atom stereocenters. The van der Waals surface area contributed by atoms with E-state index in [9.17, 15) is 4.79 Å². The molecule has 2 aliphatic rings. The monoisotopic (exact) mass is 251 g/mol.